The van der Waals surface area contributed by atoms with E-state index in [9.17, 15) is 5.11 Å². The number of aliphatic hydroxyl groups excluding tert-OH is 1. The number of nitrogen functional groups attached to an aromatic ring is 1. The van der Waals surface area contributed by atoms with Crippen molar-refractivity contribution in [1.82, 2.24) is 4.90 Å². The molecule has 5 heteroatoms. The summed E-state index contributed by atoms with van der Waals surface area (Å²) in [6, 6.07) is 7.17. The SMILES string of the molecule is COCCN(C)CC(O)COc1cccc(N)c1. The lowest BCUT2D eigenvalue weighted by molar-refractivity contribution is 0.0668. The van der Waals surface area contributed by atoms with E-state index in [1.165, 1.54) is 0 Å². The molecule has 1 unspecified atom stereocenters. The van der Waals surface area contributed by atoms with Crippen LogP contribution in [-0.2, 0) is 4.74 Å². The number of hydrogen-bond acceptors (Lipinski definition) is 5. The Kier molecular flexibility index (Phi) is 6.49. The highest BCUT2D eigenvalue weighted by Gasteiger charge is 2.09. The van der Waals surface area contributed by atoms with Crippen LogP contribution in [0.15, 0.2) is 24.3 Å². The van der Waals surface area contributed by atoms with Gasteiger partial charge in [0.1, 0.15) is 18.5 Å². The lowest BCUT2D eigenvalue weighted by Gasteiger charge is -2.20. The molecule has 1 atom stereocenters. The molecule has 0 heterocycles. The van der Waals surface area contributed by atoms with E-state index >= 15 is 0 Å². The fourth-order valence-corrected chi connectivity index (χ4v) is 1.55. The number of rotatable bonds is 8. The molecule has 0 spiro atoms. The number of nitrogens with zero attached hydrogens (tertiary/aromatic N) is 1. The number of nitrogens with two attached hydrogens (primary N) is 1. The Morgan fingerprint density at radius 3 is 2.89 bits per heavy atom. The second-order valence-electron chi connectivity index (χ2n) is 4.29. The molecule has 1 aromatic rings. The van der Waals surface area contributed by atoms with Crippen molar-refractivity contribution in [2.75, 3.05) is 46.2 Å². The van der Waals surface area contributed by atoms with Gasteiger partial charge in [-0.15, -0.1) is 0 Å². The lowest BCUT2D eigenvalue weighted by Crippen LogP contribution is -2.34. The van der Waals surface area contributed by atoms with Crippen molar-refractivity contribution in [2.24, 2.45) is 0 Å². The summed E-state index contributed by atoms with van der Waals surface area (Å²) in [6.45, 7) is 2.23. The van der Waals surface area contributed by atoms with Crippen LogP contribution in [0.25, 0.3) is 0 Å². The second-order valence-corrected chi connectivity index (χ2v) is 4.29. The Bertz CT molecular complexity index is 347. The average Bonchev–Trinajstić information content (AvgIpc) is 2.34. The minimum Gasteiger partial charge on any atom is -0.491 e. The number of benzene rings is 1. The largest absolute Gasteiger partial charge is 0.491 e. The minimum absolute atomic E-state index is 0.251. The Labute approximate surface area is 108 Å². The first kappa shape index (κ1) is 14.8. The van der Waals surface area contributed by atoms with E-state index in [0.717, 1.165) is 6.54 Å². The molecule has 1 rings (SSSR count). The number of hydrogen-bond donors (Lipinski definition) is 2. The third kappa shape index (κ3) is 5.86. The van der Waals surface area contributed by atoms with Crippen LogP contribution in [-0.4, -0.2) is 56.6 Å². The van der Waals surface area contributed by atoms with Gasteiger partial charge in [0.2, 0.25) is 0 Å². The van der Waals surface area contributed by atoms with Crippen LogP contribution >= 0.6 is 0 Å². The van der Waals surface area contributed by atoms with E-state index in [1.54, 1.807) is 19.2 Å². The molecule has 0 radical (unpaired) electrons. The Balaban J connectivity index is 2.26. The number of anilines is 1. The molecular formula is C13H22N2O3. The zero-order valence-corrected chi connectivity index (χ0v) is 11.0. The number of methoxy groups -OCH3 is 1. The molecule has 0 saturated heterocycles. The van der Waals surface area contributed by atoms with Crippen LogP contribution in [0.4, 0.5) is 5.69 Å². The summed E-state index contributed by atoms with van der Waals surface area (Å²) < 4.78 is 10.4. The molecule has 0 saturated carbocycles. The molecule has 0 fully saturated rings. The molecule has 1 aromatic carbocycles. The third-order valence-corrected chi connectivity index (χ3v) is 2.50. The van der Waals surface area contributed by atoms with Crippen LogP contribution < -0.4 is 10.5 Å². The van der Waals surface area contributed by atoms with Gasteiger partial charge in [-0.05, 0) is 19.2 Å². The molecule has 0 aliphatic carbocycles. The molecule has 0 amide bonds. The topological polar surface area (TPSA) is 68.0 Å². The highest BCUT2D eigenvalue weighted by atomic mass is 16.5. The Morgan fingerprint density at radius 2 is 2.22 bits per heavy atom. The fraction of sp³-hybridized carbons (Fsp3) is 0.538. The second kappa shape index (κ2) is 7.92. The predicted molar refractivity (Wildman–Crippen MR) is 71.7 cm³/mol. The van der Waals surface area contributed by atoms with E-state index in [0.29, 0.717) is 24.6 Å². The normalized spacial score (nSPS) is 12.7. The smallest absolute Gasteiger partial charge is 0.121 e. The molecule has 0 bridgehead atoms. The van der Waals surface area contributed by atoms with Crippen molar-refractivity contribution in [1.29, 1.82) is 0 Å². The first-order chi connectivity index (χ1) is 8.61. The maximum Gasteiger partial charge on any atom is 0.121 e. The molecule has 0 aliphatic heterocycles. The van der Waals surface area contributed by atoms with Gasteiger partial charge in [0.25, 0.3) is 0 Å². The monoisotopic (exact) mass is 254 g/mol. The third-order valence-electron chi connectivity index (χ3n) is 2.50. The first-order valence-electron chi connectivity index (χ1n) is 5.95. The van der Waals surface area contributed by atoms with Crippen molar-refractivity contribution in [3.63, 3.8) is 0 Å². The van der Waals surface area contributed by atoms with Crippen LogP contribution in [0.5, 0.6) is 5.75 Å². The van der Waals surface area contributed by atoms with E-state index in [-0.39, 0.29) is 6.61 Å². The standard InChI is InChI=1S/C13H22N2O3/c1-15(6-7-17-2)9-12(16)10-18-13-5-3-4-11(14)8-13/h3-5,8,12,16H,6-7,9-10,14H2,1-2H3. The van der Waals surface area contributed by atoms with Gasteiger partial charge >= 0.3 is 0 Å². The van der Waals surface area contributed by atoms with Gasteiger partial charge in [-0.2, -0.15) is 0 Å². The van der Waals surface area contributed by atoms with Crippen LogP contribution in [0.1, 0.15) is 0 Å². The molecule has 18 heavy (non-hydrogen) atoms. The van der Waals surface area contributed by atoms with Crippen LogP contribution in [0, 0.1) is 0 Å². The lowest BCUT2D eigenvalue weighted by atomic mass is 10.3. The Morgan fingerprint density at radius 1 is 1.44 bits per heavy atom. The summed E-state index contributed by atoms with van der Waals surface area (Å²) in [7, 11) is 3.59. The van der Waals surface area contributed by atoms with E-state index in [1.807, 2.05) is 24.1 Å². The van der Waals surface area contributed by atoms with Gasteiger partial charge in [0.05, 0.1) is 6.61 Å². The van der Waals surface area contributed by atoms with Crippen molar-refractivity contribution in [3.05, 3.63) is 24.3 Å². The summed E-state index contributed by atoms with van der Waals surface area (Å²) in [4.78, 5) is 2.00. The average molecular weight is 254 g/mol. The maximum atomic E-state index is 9.81. The van der Waals surface area contributed by atoms with E-state index < -0.39 is 6.10 Å². The molecule has 0 aliphatic rings. The van der Waals surface area contributed by atoms with Crippen molar-refractivity contribution in [2.45, 2.75) is 6.10 Å². The van der Waals surface area contributed by atoms with Crippen molar-refractivity contribution in [3.8, 4) is 5.75 Å². The Hall–Kier alpha value is -1.30. The predicted octanol–water partition coefficient (Wildman–Crippen LogP) is 0.587. The number of likely N-dealkylation sites (N-methyl/N-ethyl adjacent to an activating group) is 1. The van der Waals surface area contributed by atoms with Gasteiger partial charge in [-0.1, -0.05) is 6.07 Å². The van der Waals surface area contributed by atoms with Crippen molar-refractivity contribution >= 4 is 5.69 Å². The molecule has 102 valence electrons. The van der Waals surface area contributed by atoms with E-state index in [2.05, 4.69) is 0 Å². The number of aliphatic hydroxyl groups is 1. The minimum atomic E-state index is -0.534. The summed E-state index contributed by atoms with van der Waals surface area (Å²) >= 11 is 0. The summed E-state index contributed by atoms with van der Waals surface area (Å²) in [5, 5.41) is 9.81. The quantitative estimate of drug-likeness (QED) is 0.664. The fourth-order valence-electron chi connectivity index (χ4n) is 1.55. The van der Waals surface area contributed by atoms with Gasteiger partial charge in [0.15, 0.2) is 0 Å². The molecular weight excluding hydrogens is 232 g/mol. The summed E-state index contributed by atoms with van der Waals surface area (Å²) in [5.74, 6) is 0.675. The zero-order valence-electron chi connectivity index (χ0n) is 11.0. The summed E-state index contributed by atoms with van der Waals surface area (Å²) in [6.07, 6.45) is -0.534. The first-order valence-corrected chi connectivity index (χ1v) is 5.95. The van der Waals surface area contributed by atoms with Gasteiger partial charge in [-0.3, -0.25) is 0 Å². The van der Waals surface area contributed by atoms with Gasteiger partial charge in [-0.25, -0.2) is 0 Å². The van der Waals surface area contributed by atoms with Gasteiger partial charge < -0.3 is 25.2 Å². The van der Waals surface area contributed by atoms with Crippen molar-refractivity contribution < 1.29 is 14.6 Å². The number of ether oxygens (including phenoxy) is 2. The highest BCUT2D eigenvalue weighted by molar-refractivity contribution is 5.43. The molecule has 0 aromatic heterocycles. The maximum absolute atomic E-state index is 9.81. The molecule has 3 N–H and O–H groups in total. The summed E-state index contributed by atoms with van der Waals surface area (Å²) in [5.41, 5.74) is 6.29. The molecule has 5 nitrogen and oxygen atoms in total. The van der Waals surface area contributed by atoms with Gasteiger partial charge in [0, 0.05) is 32.0 Å². The van der Waals surface area contributed by atoms with E-state index in [4.69, 9.17) is 15.2 Å². The van der Waals surface area contributed by atoms with Crippen LogP contribution in [0.3, 0.4) is 0 Å². The van der Waals surface area contributed by atoms with Crippen LogP contribution in [0.2, 0.25) is 0 Å². The highest BCUT2D eigenvalue weighted by Crippen LogP contribution is 2.14. The zero-order chi connectivity index (χ0) is 13.4.